The number of aliphatic imine (C=N–C) groups is 1. The lowest BCUT2D eigenvalue weighted by Gasteiger charge is -2.23. The molecule has 3 N–H and O–H groups in total. The van der Waals surface area contributed by atoms with E-state index >= 15 is 0 Å². The maximum atomic E-state index is 5.95. The maximum absolute atomic E-state index is 5.95. The molecule has 0 spiro atoms. The van der Waals surface area contributed by atoms with Crippen LogP contribution in [0.25, 0.3) is 0 Å². The summed E-state index contributed by atoms with van der Waals surface area (Å²) in [6.45, 7) is 8.13. The van der Waals surface area contributed by atoms with Crippen molar-refractivity contribution in [2.45, 2.75) is 39.7 Å². The lowest BCUT2D eigenvalue weighted by Crippen LogP contribution is -2.34. The Labute approximate surface area is 135 Å². The fourth-order valence-corrected chi connectivity index (χ4v) is 2.27. The minimum absolute atomic E-state index is 0.247. The van der Waals surface area contributed by atoms with Gasteiger partial charge in [0.15, 0.2) is 5.96 Å². The van der Waals surface area contributed by atoms with Crippen LogP contribution in [0, 0.1) is 5.92 Å². The third-order valence-electron chi connectivity index (χ3n) is 3.86. The van der Waals surface area contributed by atoms with E-state index in [0.29, 0.717) is 18.4 Å². The summed E-state index contributed by atoms with van der Waals surface area (Å²) in [6, 6.07) is 9.03. The van der Waals surface area contributed by atoms with Crippen molar-refractivity contribution in [2.75, 3.05) is 27.2 Å². The van der Waals surface area contributed by atoms with Gasteiger partial charge in [-0.25, -0.2) is 0 Å². The molecule has 0 amide bonds. The van der Waals surface area contributed by atoms with E-state index < -0.39 is 0 Å². The number of nitrogens with zero attached hydrogens (tertiary/aromatic N) is 2. The van der Waals surface area contributed by atoms with Gasteiger partial charge < -0.3 is 16.0 Å². The first-order valence-electron chi connectivity index (χ1n) is 8.23. The number of benzene rings is 1. The van der Waals surface area contributed by atoms with Crippen LogP contribution in [0.15, 0.2) is 29.3 Å². The number of likely N-dealkylation sites (N-methyl/N-ethyl adjacent to an activating group) is 1. The number of rotatable bonds is 8. The van der Waals surface area contributed by atoms with E-state index in [1.807, 2.05) is 0 Å². The third-order valence-corrected chi connectivity index (χ3v) is 3.86. The molecule has 0 fully saturated rings. The molecule has 1 unspecified atom stereocenters. The van der Waals surface area contributed by atoms with Gasteiger partial charge in [-0.3, -0.25) is 4.99 Å². The van der Waals surface area contributed by atoms with E-state index in [-0.39, 0.29) is 6.04 Å². The van der Waals surface area contributed by atoms with Crippen molar-refractivity contribution in [3.05, 3.63) is 35.4 Å². The van der Waals surface area contributed by atoms with Crippen molar-refractivity contribution in [3.63, 3.8) is 0 Å². The molecule has 0 radical (unpaired) electrons. The fourth-order valence-electron chi connectivity index (χ4n) is 2.27. The molecule has 0 saturated carbocycles. The Kier molecular flexibility index (Phi) is 7.96. The number of nitrogens with one attached hydrogen (secondary N) is 1. The lowest BCUT2D eigenvalue weighted by molar-refractivity contribution is 0.306. The molecule has 4 nitrogen and oxygen atoms in total. The van der Waals surface area contributed by atoms with Crippen molar-refractivity contribution in [3.8, 4) is 0 Å². The van der Waals surface area contributed by atoms with Gasteiger partial charge in [0.1, 0.15) is 0 Å². The van der Waals surface area contributed by atoms with Crippen molar-refractivity contribution < 1.29 is 0 Å². The molecule has 22 heavy (non-hydrogen) atoms. The Morgan fingerprint density at radius 3 is 2.36 bits per heavy atom. The number of aryl methyl sites for hydroxylation is 1. The molecule has 1 aromatic rings. The Morgan fingerprint density at radius 2 is 1.86 bits per heavy atom. The predicted octanol–water partition coefficient (Wildman–Crippen LogP) is 2.80. The molecule has 0 aliphatic carbocycles. The minimum Gasteiger partial charge on any atom is -0.370 e. The molecule has 1 atom stereocenters. The van der Waals surface area contributed by atoms with E-state index in [4.69, 9.17) is 5.73 Å². The van der Waals surface area contributed by atoms with Crippen LogP contribution in [0.4, 0.5) is 0 Å². The standard InChI is InChI=1S/C18H32N4/c1-6-15-7-9-16(10-8-15)17(22(4)5)13-21-18(19)20-12-11-14(2)3/h7-10,14,17H,6,11-13H2,1-5H3,(H3,19,20,21). The van der Waals surface area contributed by atoms with Gasteiger partial charge in [0, 0.05) is 6.54 Å². The Hall–Kier alpha value is -1.55. The second-order valence-corrected chi connectivity index (χ2v) is 6.41. The van der Waals surface area contributed by atoms with E-state index in [0.717, 1.165) is 19.4 Å². The van der Waals surface area contributed by atoms with Crippen LogP contribution in [0.1, 0.15) is 44.4 Å². The fraction of sp³-hybridized carbons (Fsp3) is 0.611. The Balaban J connectivity index is 2.63. The molecule has 0 aliphatic heterocycles. The SMILES string of the molecule is CCc1ccc(C(CN=C(N)NCCC(C)C)N(C)C)cc1. The summed E-state index contributed by atoms with van der Waals surface area (Å²) >= 11 is 0. The van der Waals surface area contributed by atoms with Crippen molar-refractivity contribution in [1.82, 2.24) is 10.2 Å². The highest BCUT2D eigenvalue weighted by atomic mass is 15.1. The number of hydrogen-bond acceptors (Lipinski definition) is 2. The topological polar surface area (TPSA) is 53.6 Å². The molecule has 0 heterocycles. The van der Waals surface area contributed by atoms with Gasteiger partial charge in [-0.1, -0.05) is 45.0 Å². The monoisotopic (exact) mass is 304 g/mol. The van der Waals surface area contributed by atoms with Crippen LogP contribution in [0.2, 0.25) is 0 Å². The summed E-state index contributed by atoms with van der Waals surface area (Å²) < 4.78 is 0. The minimum atomic E-state index is 0.247. The summed E-state index contributed by atoms with van der Waals surface area (Å²) in [5.74, 6) is 1.21. The molecule has 0 bridgehead atoms. The van der Waals surface area contributed by atoms with Crippen molar-refractivity contribution in [1.29, 1.82) is 0 Å². The van der Waals surface area contributed by atoms with Gasteiger partial charge in [-0.2, -0.15) is 0 Å². The first-order chi connectivity index (χ1) is 10.4. The van der Waals surface area contributed by atoms with Gasteiger partial charge in [-0.05, 0) is 44.0 Å². The smallest absolute Gasteiger partial charge is 0.188 e. The third kappa shape index (κ3) is 6.48. The van der Waals surface area contributed by atoms with E-state index in [1.54, 1.807) is 0 Å². The molecule has 1 aromatic carbocycles. The largest absolute Gasteiger partial charge is 0.370 e. The molecular weight excluding hydrogens is 272 g/mol. The molecular formula is C18H32N4. The van der Waals surface area contributed by atoms with Crippen LogP contribution in [-0.4, -0.2) is 38.0 Å². The quantitative estimate of drug-likeness (QED) is 0.573. The molecule has 124 valence electrons. The zero-order valence-corrected chi connectivity index (χ0v) is 14.8. The van der Waals surface area contributed by atoms with Crippen molar-refractivity contribution >= 4 is 5.96 Å². The highest BCUT2D eigenvalue weighted by Gasteiger charge is 2.13. The van der Waals surface area contributed by atoms with Crippen LogP contribution < -0.4 is 11.1 Å². The summed E-state index contributed by atoms with van der Waals surface area (Å²) in [7, 11) is 4.16. The van der Waals surface area contributed by atoms with Gasteiger partial charge in [0.25, 0.3) is 0 Å². The second-order valence-electron chi connectivity index (χ2n) is 6.41. The Morgan fingerprint density at radius 1 is 1.23 bits per heavy atom. The van der Waals surface area contributed by atoms with Gasteiger partial charge >= 0.3 is 0 Å². The van der Waals surface area contributed by atoms with Gasteiger partial charge in [0.05, 0.1) is 12.6 Å². The highest BCUT2D eigenvalue weighted by Crippen LogP contribution is 2.19. The van der Waals surface area contributed by atoms with E-state index in [2.05, 4.69) is 74.3 Å². The second kappa shape index (κ2) is 9.46. The molecule has 4 heteroatoms. The number of hydrogen-bond donors (Lipinski definition) is 2. The maximum Gasteiger partial charge on any atom is 0.188 e. The predicted molar refractivity (Wildman–Crippen MR) is 96.2 cm³/mol. The first-order valence-corrected chi connectivity index (χ1v) is 8.23. The van der Waals surface area contributed by atoms with Crippen molar-refractivity contribution in [2.24, 2.45) is 16.6 Å². The molecule has 1 rings (SSSR count). The molecule has 0 saturated heterocycles. The summed E-state index contributed by atoms with van der Waals surface area (Å²) in [5.41, 5.74) is 8.59. The van der Waals surface area contributed by atoms with Gasteiger partial charge in [0.2, 0.25) is 0 Å². The van der Waals surface area contributed by atoms with Crippen LogP contribution in [0.3, 0.4) is 0 Å². The highest BCUT2D eigenvalue weighted by molar-refractivity contribution is 5.77. The average Bonchev–Trinajstić information content (AvgIpc) is 2.47. The molecule has 0 aromatic heterocycles. The number of guanidine groups is 1. The van der Waals surface area contributed by atoms with E-state index in [9.17, 15) is 0 Å². The average molecular weight is 304 g/mol. The first kappa shape index (κ1) is 18.5. The summed E-state index contributed by atoms with van der Waals surface area (Å²) in [4.78, 5) is 6.69. The van der Waals surface area contributed by atoms with Gasteiger partial charge in [-0.15, -0.1) is 0 Å². The van der Waals surface area contributed by atoms with Crippen LogP contribution in [-0.2, 0) is 6.42 Å². The zero-order valence-electron chi connectivity index (χ0n) is 14.8. The number of nitrogens with two attached hydrogens (primary N) is 1. The summed E-state index contributed by atoms with van der Waals surface area (Å²) in [6.07, 6.45) is 2.17. The van der Waals surface area contributed by atoms with Crippen LogP contribution in [0.5, 0.6) is 0 Å². The zero-order chi connectivity index (χ0) is 16.5. The van der Waals surface area contributed by atoms with Crippen LogP contribution >= 0.6 is 0 Å². The Bertz CT molecular complexity index is 449. The lowest BCUT2D eigenvalue weighted by atomic mass is 10.0. The summed E-state index contributed by atoms with van der Waals surface area (Å²) in [5, 5.41) is 3.19. The molecule has 0 aliphatic rings. The normalized spacial score (nSPS) is 13.7. The van der Waals surface area contributed by atoms with E-state index in [1.165, 1.54) is 11.1 Å².